The monoisotopic (exact) mass is 473 g/mol. The normalized spacial score (nSPS) is 11.6. The van der Waals surface area contributed by atoms with Crippen molar-refractivity contribution in [2.45, 2.75) is 31.6 Å². The summed E-state index contributed by atoms with van der Waals surface area (Å²) in [5, 5.41) is 15.4. The third-order valence-electron chi connectivity index (χ3n) is 4.62. The Bertz CT molecular complexity index is 1090. The number of amides is 2. The molecule has 8 nitrogen and oxygen atoms in total. The Morgan fingerprint density at radius 3 is 2.56 bits per heavy atom. The Hall–Kier alpha value is -3.04. The van der Waals surface area contributed by atoms with Crippen LogP contribution in [0.1, 0.15) is 36.1 Å². The molecule has 2 aromatic carbocycles. The minimum absolute atomic E-state index is 0.154. The van der Waals surface area contributed by atoms with E-state index in [4.69, 9.17) is 16.3 Å². The number of para-hydroxylation sites is 2. The highest BCUT2D eigenvalue weighted by Crippen LogP contribution is 2.25. The average Bonchev–Trinajstić information content (AvgIpc) is 3.21. The Balaban J connectivity index is 1.63. The zero-order valence-corrected chi connectivity index (χ0v) is 19.5. The van der Waals surface area contributed by atoms with Crippen LogP contribution in [-0.4, -0.2) is 39.4 Å². The van der Waals surface area contributed by atoms with Gasteiger partial charge in [0, 0.05) is 17.1 Å². The fraction of sp³-hybridized carbons (Fsp3) is 0.273. The van der Waals surface area contributed by atoms with Crippen molar-refractivity contribution >= 4 is 40.9 Å². The molecule has 0 spiro atoms. The van der Waals surface area contributed by atoms with Gasteiger partial charge in [-0.05, 0) is 50.2 Å². The van der Waals surface area contributed by atoms with E-state index in [2.05, 4.69) is 20.8 Å². The number of ether oxygens (including phenoxy) is 1. The quantitative estimate of drug-likeness (QED) is 0.452. The van der Waals surface area contributed by atoms with Crippen molar-refractivity contribution in [3.8, 4) is 5.75 Å². The number of nitrogens with one attached hydrogen (secondary N) is 2. The van der Waals surface area contributed by atoms with Gasteiger partial charge in [0.15, 0.2) is 11.0 Å². The van der Waals surface area contributed by atoms with E-state index in [0.717, 1.165) is 0 Å². The van der Waals surface area contributed by atoms with E-state index in [9.17, 15) is 9.59 Å². The Kier molecular flexibility index (Phi) is 8.13. The lowest BCUT2D eigenvalue weighted by atomic mass is 10.2. The number of carbonyl (C=O) groups is 2. The van der Waals surface area contributed by atoms with Gasteiger partial charge in [0.25, 0.3) is 5.91 Å². The van der Waals surface area contributed by atoms with Gasteiger partial charge < -0.3 is 19.9 Å². The summed E-state index contributed by atoms with van der Waals surface area (Å²) < 4.78 is 7.14. The summed E-state index contributed by atoms with van der Waals surface area (Å²) >= 11 is 7.16. The Morgan fingerprint density at radius 1 is 1.16 bits per heavy atom. The highest BCUT2D eigenvalue weighted by atomic mass is 35.5. The van der Waals surface area contributed by atoms with Gasteiger partial charge in [-0.1, -0.05) is 35.5 Å². The maximum atomic E-state index is 12.5. The first-order valence-corrected chi connectivity index (χ1v) is 11.3. The topological polar surface area (TPSA) is 98.1 Å². The third-order valence-corrected chi connectivity index (χ3v) is 5.84. The number of thioether (sulfide) groups is 1. The highest BCUT2D eigenvalue weighted by Gasteiger charge is 2.20. The summed E-state index contributed by atoms with van der Waals surface area (Å²) in [6, 6.07) is 13.5. The van der Waals surface area contributed by atoms with Crippen LogP contribution >= 0.6 is 23.4 Å². The first-order valence-electron chi connectivity index (χ1n) is 9.98. The predicted octanol–water partition coefficient (Wildman–Crippen LogP) is 4.18. The lowest BCUT2D eigenvalue weighted by Gasteiger charge is -2.15. The number of hydrogen-bond donors (Lipinski definition) is 2. The Morgan fingerprint density at radius 2 is 1.88 bits per heavy atom. The van der Waals surface area contributed by atoms with Crippen molar-refractivity contribution in [3.05, 3.63) is 64.9 Å². The van der Waals surface area contributed by atoms with E-state index in [0.29, 0.717) is 39.5 Å². The summed E-state index contributed by atoms with van der Waals surface area (Å²) in [4.78, 5) is 24.9. The van der Waals surface area contributed by atoms with E-state index >= 15 is 0 Å². The number of methoxy groups -OCH3 is 1. The summed E-state index contributed by atoms with van der Waals surface area (Å²) in [7, 11) is 1.55. The second kappa shape index (κ2) is 11.0. The summed E-state index contributed by atoms with van der Waals surface area (Å²) in [6.45, 7) is 4.40. The zero-order valence-electron chi connectivity index (χ0n) is 18.0. The van der Waals surface area contributed by atoms with Crippen LogP contribution in [0.3, 0.4) is 0 Å². The number of aromatic nitrogens is 3. The molecule has 1 aromatic heterocycles. The van der Waals surface area contributed by atoms with E-state index in [-0.39, 0.29) is 23.6 Å². The van der Waals surface area contributed by atoms with E-state index in [1.165, 1.54) is 11.8 Å². The molecule has 3 aromatic rings. The smallest absolute Gasteiger partial charge is 0.251 e. The molecular formula is C22H24ClN5O3S. The summed E-state index contributed by atoms with van der Waals surface area (Å²) in [6.07, 6.45) is 0. The average molecular weight is 474 g/mol. The molecule has 10 heteroatoms. The number of anilines is 1. The van der Waals surface area contributed by atoms with Crippen LogP contribution in [0.25, 0.3) is 0 Å². The first-order chi connectivity index (χ1) is 15.4. The van der Waals surface area contributed by atoms with Crippen molar-refractivity contribution in [1.82, 2.24) is 20.1 Å². The number of rotatable bonds is 9. The van der Waals surface area contributed by atoms with Crippen molar-refractivity contribution in [2.75, 3.05) is 18.2 Å². The molecule has 0 bridgehead atoms. The minimum atomic E-state index is -0.373. The lowest BCUT2D eigenvalue weighted by molar-refractivity contribution is -0.113. The van der Waals surface area contributed by atoms with Gasteiger partial charge in [-0.25, -0.2) is 0 Å². The largest absolute Gasteiger partial charge is 0.495 e. The van der Waals surface area contributed by atoms with Crippen LogP contribution < -0.4 is 15.4 Å². The van der Waals surface area contributed by atoms with Crippen LogP contribution in [-0.2, 0) is 11.3 Å². The molecule has 3 rings (SSSR count). The van der Waals surface area contributed by atoms with E-state index in [1.807, 2.05) is 30.5 Å². The molecule has 0 aliphatic heterocycles. The summed E-state index contributed by atoms with van der Waals surface area (Å²) in [5.74, 6) is 0.945. The van der Waals surface area contributed by atoms with Gasteiger partial charge in [0.05, 0.1) is 24.6 Å². The van der Waals surface area contributed by atoms with Crippen molar-refractivity contribution in [1.29, 1.82) is 0 Å². The Labute approximate surface area is 195 Å². The zero-order chi connectivity index (χ0) is 23.1. The second-order valence-electron chi connectivity index (χ2n) is 6.82. The second-order valence-corrected chi connectivity index (χ2v) is 8.20. The van der Waals surface area contributed by atoms with E-state index in [1.54, 1.807) is 43.5 Å². The molecule has 1 heterocycles. The molecule has 2 amide bonds. The maximum Gasteiger partial charge on any atom is 0.251 e. The van der Waals surface area contributed by atoms with Crippen LogP contribution in [0.2, 0.25) is 5.02 Å². The van der Waals surface area contributed by atoms with Gasteiger partial charge in [-0.2, -0.15) is 0 Å². The molecule has 0 saturated heterocycles. The highest BCUT2D eigenvalue weighted by molar-refractivity contribution is 7.99. The fourth-order valence-corrected chi connectivity index (χ4v) is 3.97. The molecule has 32 heavy (non-hydrogen) atoms. The van der Waals surface area contributed by atoms with Crippen LogP contribution in [0.15, 0.2) is 53.7 Å². The van der Waals surface area contributed by atoms with Crippen LogP contribution in [0.4, 0.5) is 5.69 Å². The van der Waals surface area contributed by atoms with E-state index < -0.39 is 0 Å². The molecule has 168 valence electrons. The number of halogens is 1. The number of carbonyl (C=O) groups excluding carboxylic acids is 2. The van der Waals surface area contributed by atoms with Gasteiger partial charge >= 0.3 is 0 Å². The summed E-state index contributed by atoms with van der Waals surface area (Å²) in [5.41, 5.74) is 1.11. The fourth-order valence-electron chi connectivity index (χ4n) is 3.03. The molecule has 2 N–H and O–H groups in total. The molecule has 1 unspecified atom stereocenters. The molecule has 0 aliphatic rings. The lowest BCUT2D eigenvalue weighted by Crippen LogP contribution is -2.28. The minimum Gasteiger partial charge on any atom is -0.495 e. The van der Waals surface area contributed by atoms with Crippen molar-refractivity contribution in [3.63, 3.8) is 0 Å². The first kappa shape index (κ1) is 23.6. The molecule has 0 radical (unpaired) electrons. The number of hydrogen-bond acceptors (Lipinski definition) is 6. The molecule has 0 saturated carbocycles. The predicted molar refractivity (Wildman–Crippen MR) is 125 cm³/mol. The molecule has 0 aliphatic carbocycles. The molecule has 1 atom stereocenters. The van der Waals surface area contributed by atoms with Gasteiger partial charge in [0.1, 0.15) is 5.75 Å². The third kappa shape index (κ3) is 5.80. The van der Waals surface area contributed by atoms with Crippen LogP contribution in [0.5, 0.6) is 5.75 Å². The van der Waals surface area contributed by atoms with Gasteiger partial charge in [0.2, 0.25) is 5.91 Å². The SMILES string of the molecule is CCn1c(SCC(=O)Nc2ccccc2OC)nnc1C(C)NC(=O)c1ccc(Cl)cc1. The maximum absolute atomic E-state index is 12.5. The number of nitrogens with zero attached hydrogens (tertiary/aromatic N) is 3. The molecular weight excluding hydrogens is 450 g/mol. The van der Waals surface area contributed by atoms with Gasteiger partial charge in [-0.3, -0.25) is 9.59 Å². The number of benzene rings is 2. The standard InChI is InChI=1S/C22H24ClN5O3S/c1-4-28-20(14(2)24-21(30)15-9-11-16(23)12-10-15)26-27-22(28)32-13-19(29)25-17-7-5-6-8-18(17)31-3/h5-12,14H,4,13H2,1-3H3,(H,24,30)(H,25,29). The molecule has 0 fully saturated rings. The van der Waals surface area contributed by atoms with Crippen molar-refractivity contribution < 1.29 is 14.3 Å². The van der Waals surface area contributed by atoms with Crippen LogP contribution in [0, 0.1) is 0 Å². The van der Waals surface area contributed by atoms with Gasteiger partial charge in [-0.15, -0.1) is 10.2 Å². The van der Waals surface area contributed by atoms with Crippen molar-refractivity contribution in [2.24, 2.45) is 0 Å².